The molecule has 2 aliphatic rings. The van der Waals surface area contributed by atoms with E-state index in [2.05, 4.69) is 0 Å². The van der Waals surface area contributed by atoms with Gasteiger partial charge in [-0.05, 0) is 6.07 Å². The molecule has 0 radical (unpaired) electrons. The molecule has 2 aliphatic heterocycles. The van der Waals surface area contributed by atoms with Gasteiger partial charge in [-0.1, -0.05) is 0 Å². The largest absolute Gasteiger partial charge is 0.378 e. The van der Waals surface area contributed by atoms with Gasteiger partial charge in [-0.3, -0.25) is 4.79 Å². The topological polar surface area (TPSA) is 118 Å². The van der Waals surface area contributed by atoms with E-state index in [1.54, 1.807) is 16.8 Å². The highest BCUT2D eigenvalue weighted by Crippen LogP contribution is 2.20. The van der Waals surface area contributed by atoms with Crippen molar-refractivity contribution < 1.29 is 22.7 Å². The summed E-state index contributed by atoms with van der Waals surface area (Å²) in [7, 11) is -2.17. The Hall–Kier alpha value is -2.11. The number of hydrogen-bond donors (Lipinski definition) is 1. The van der Waals surface area contributed by atoms with Crippen molar-refractivity contribution >= 4 is 22.0 Å². The number of sulfonamides is 1. The number of hydrogen-bond acceptors (Lipinski definition) is 5. The number of urea groups is 1. The van der Waals surface area contributed by atoms with Crippen LogP contribution in [0.4, 0.5) is 4.79 Å². The fraction of sp³-hybridized carbons (Fsp3) is 0.600. The minimum absolute atomic E-state index is 0.0294. The number of carbonyl (C=O) groups excluding carboxylic acids is 2. The van der Waals surface area contributed by atoms with Gasteiger partial charge >= 0.3 is 6.03 Å². The number of aromatic nitrogens is 1. The van der Waals surface area contributed by atoms with E-state index in [-0.39, 0.29) is 29.7 Å². The number of rotatable bonds is 3. The summed E-state index contributed by atoms with van der Waals surface area (Å²) in [5.74, 6) is -0.685. The van der Waals surface area contributed by atoms with Crippen LogP contribution in [0.5, 0.6) is 0 Å². The highest BCUT2D eigenvalue weighted by molar-refractivity contribution is 7.89. The van der Waals surface area contributed by atoms with Crippen molar-refractivity contribution in [2.45, 2.75) is 4.90 Å². The number of amides is 3. The number of carbonyl (C=O) groups is 2. The van der Waals surface area contributed by atoms with Gasteiger partial charge in [-0.15, -0.1) is 0 Å². The highest BCUT2D eigenvalue weighted by Gasteiger charge is 2.33. The zero-order valence-electron chi connectivity index (χ0n) is 14.6. The summed E-state index contributed by atoms with van der Waals surface area (Å²) in [6.07, 6.45) is 1.38. The van der Waals surface area contributed by atoms with E-state index in [9.17, 15) is 18.0 Å². The smallest absolute Gasteiger partial charge is 0.320 e. The summed E-state index contributed by atoms with van der Waals surface area (Å²) >= 11 is 0. The van der Waals surface area contributed by atoms with Crippen LogP contribution in [0.25, 0.3) is 0 Å². The van der Waals surface area contributed by atoms with Crippen LogP contribution in [-0.4, -0.2) is 91.5 Å². The third kappa shape index (κ3) is 3.55. The molecule has 26 heavy (non-hydrogen) atoms. The van der Waals surface area contributed by atoms with Gasteiger partial charge in [0.15, 0.2) is 0 Å². The second-order valence-corrected chi connectivity index (χ2v) is 8.25. The molecule has 0 unspecified atom stereocenters. The third-order valence-electron chi connectivity index (χ3n) is 4.66. The first kappa shape index (κ1) is 18.7. The molecule has 0 aliphatic carbocycles. The molecule has 3 heterocycles. The molecule has 1 aromatic rings. The maximum atomic E-state index is 12.8. The maximum absolute atomic E-state index is 12.8. The van der Waals surface area contributed by atoms with Crippen molar-refractivity contribution in [1.82, 2.24) is 18.7 Å². The predicted octanol–water partition coefficient (Wildman–Crippen LogP) is -1.12. The van der Waals surface area contributed by atoms with Crippen molar-refractivity contribution in [2.75, 3.05) is 52.5 Å². The van der Waals surface area contributed by atoms with Crippen molar-refractivity contribution in [3.63, 3.8) is 0 Å². The molecule has 3 amide bonds. The monoisotopic (exact) mass is 385 g/mol. The van der Waals surface area contributed by atoms with Crippen LogP contribution in [0.2, 0.25) is 0 Å². The lowest BCUT2D eigenvalue weighted by Gasteiger charge is -2.37. The van der Waals surface area contributed by atoms with E-state index in [0.29, 0.717) is 39.4 Å². The lowest BCUT2D eigenvalue weighted by atomic mass is 10.3. The zero-order chi connectivity index (χ0) is 18.9. The van der Waals surface area contributed by atoms with Gasteiger partial charge in [0.2, 0.25) is 10.0 Å². The lowest BCUT2D eigenvalue weighted by molar-refractivity contribution is 0.0405. The first-order valence-electron chi connectivity index (χ1n) is 8.38. The van der Waals surface area contributed by atoms with Gasteiger partial charge in [0.1, 0.15) is 10.6 Å². The van der Waals surface area contributed by atoms with E-state index in [4.69, 9.17) is 10.5 Å². The molecule has 0 bridgehead atoms. The summed E-state index contributed by atoms with van der Waals surface area (Å²) in [4.78, 5) is 27.2. The molecule has 2 fully saturated rings. The summed E-state index contributed by atoms with van der Waals surface area (Å²) in [5.41, 5.74) is 5.38. The van der Waals surface area contributed by atoms with E-state index in [1.165, 1.54) is 21.1 Å². The number of primary amides is 1. The number of morpholine rings is 1. The SMILES string of the molecule is Cn1cc(S(=O)(=O)N2CCN(C(=O)N3CCOCC3)CC2)cc1C(N)=O. The summed E-state index contributed by atoms with van der Waals surface area (Å²) < 4.78 is 33.5. The average Bonchev–Trinajstić information content (AvgIpc) is 3.05. The van der Waals surface area contributed by atoms with E-state index in [0.717, 1.165) is 0 Å². The molecule has 0 atom stereocenters. The molecule has 0 spiro atoms. The Labute approximate surface area is 152 Å². The van der Waals surface area contributed by atoms with E-state index < -0.39 is 15.9 Å². The van der Waals surface area contributed by atoms with Crippen LogP contribution in [0.15, 0.2) is 17.2 Å². The van der Waals surface area contributed by atoms with Crippen LogP contribution < -0.4 is 5.73 Å². The fourth-order valence-electron chi connectivity index (χ4n) is 3.14. The Morgan fingerprint density at radius 1 is 1.04 bits per heavy atom. The van der Waals surface area contributed by atoms with Gasteiger partial charge in [0, 0.05) is 52.5 Å². The van der Waals surface area contributed by atoms with Crippen molar-refractivity contribution in [3.8, 4) is 0 Å². The Morgan fingerprint density at radius 2 is 1.62 bits per heavy atom. The van der Waals surface area contributed by atoms with Gasteiger partial charge < -0.3 is 24.8 Å². The number of aryl methyl sites for hydroxylation is 1. The molecule has 0 saturated carbocycles. The van der Waals surface area contributed by atoms with Gasteiger partial charge in [0.05, 0.1) is 13.2 Å². The van der Waals surface area contributed by atoms with E-state index in [1.807, 2.05) is 0 Å². The second-order valence-electron chi connectivity index (χ2n) is 6.31. The van der Waals surface area contributed by atoms with Crippen LogP contribution in [0, 0.1) is 0 Å². The number of nitrogens with two attached hydrogens (primary N) is 1. The summed E-state index contributed by atoms with van der Waals surface area (Å²) in [6, 6.07) is 1.20. The van der Waals surface area contributed by atoms with Crippen LogP contribution >= 0.6 is 0 Å². The molecule has 10 nitrogen and oxygen atoms in total. The Kier molecular flexibility index (Phi) is 5.21. The van der Waals surface area contributed by atoms with E-state index >= 15 is 0 Å². The molecular formula is C15H23N5O5S. The average molecular weight is 385 g/mol. The zero-order valence-corrected chi connectivity index (χ0v) is 15.4. The summed E-state index contributed by atoms with van der Waals surface area (Å²) in [6.45, 7) is 3.22. The highest BCUT2D eigenvalue weighted by atomic mass is 32.2. The van der Waals surface area contributed by atoms with Crippen molar-refractivity contribution in [3.05, 3.63) is 18.0 Å². The van der Waals surface area contributed by atoms with Gasteiger partial charge in [-0.25, -0.2) is 13.2 Å². The standard InChI is InChI=1S/C15H23N5O5S/c1-17-11-12(10-13(17)14(16)21)26(23,24)20-4-2-18(3-5-20)15(22)19-6-8-25-9-7-19/h10-11H,2-9H2,1H3,(H2,16,21). The molecular weight excluding hydrogens is 362 g/mol. The molecule has 0 aromatic carbocycles. The van der Waals surface area contributed by atoms with Crippen LogP contribution in [-0.2, 0) is 21.8 Å². The minimum Gasteiger partial charge on any atom is -0.378 e. The van der Waals surface area contributed by atoms with Crippen molar-refractivity contribution in [1.29, 1.82) is 0 Å². The lowest BCUT2D eigenvalue weighted by Crippen LogP contribution is -2.55. The van der Waals surface area contributed by atoms with Crippen LogP contribution in [0.3, 0.4) is 0 Å². The minimum atomic E-state index is -3.74. The quantitative estimate of drug-likeness (QED) is 0.707. The number of ether oxygens (including phenoxy) is 1. The molecule has 11 heteroatoms. The van der Waals surface area contributed by atoms with Gasteiger partial charge in [0.25, 0.3) is 5.91 Å². The first-order chi connectivity index (χ1) is 12.3. The Morgan fingerprint density at radius 3 is 2.15 bits per heavy atom. The van der Waals surface area contributed by atoms with Crippen molar-refractivity contribution in [2.24, 2.45) is 12.8 Å². The predicted molar refractivity (Wildman–Crippen MR) is 92.1 cm³/mol. The second kappa shape index (κ2) is 7.25. The number of nitrogens with zero attached hydrogens (tertiary/aromatic N) is 4. The van der Waals surface area contributed by atoms with Gasteiger partial charge in [-0.2, -0.15) is 4.31 Å². The Bertz CT molecular complexity index is 791. The number of piperazine rings is 1. The summed E-state index contributed by atoms with van der Waals surface area (Å²) in [5, 5.41) is 0. The fourth-order valence-corrected chi connectivity index (χ4v) is 4.64. The third-order valence-corrected chi connectivity index (χ3v) is 6.52. The Balaban J connectivity index is 1.66. The maximum Gasteiger partial charge on any atom is 0.320 e. The first-order valence-corrected chi connectivity index (χ1v) is 9.82. The molecule has 2 saturated heterocycles. The van der Waals surface area contributed by atoms with Crippen LogP contribution in [0.1, 0.15) is 10.5 Å². The normalized spacial score (nSPS) is 19.6. The molecule has 2 N–H and O–H groups in total. The molecule has 1 aromatic heterocycles. The molecule has 144 valence electrons. The molecule has 3 rings (SSSR count).